The topological polar surface area (TPSA) is 26.0 Å². The maximum atomic E-state index is 6.32. The Morgan fingerprint density at radius 1 is 1.40 bits per heavy atom. The van der Waals surface area contributed by atoms with Crippen LogP contribution in [-0.2, 0) is 0 Å². The van der Waals surface area contributed by atoms with Gasteiger partial charge in [-0.2, -0.15) is 0 Å². The number of halogens is 1. The predicted octanol–water partition coefficient (Wildman–Crippen LogP) is 3.76. The van der Waals surface area contributed by atoms with Crippen molar-refractivity contribution in [3.8, 4) is 0 Å². The third-order valence-electron chi connectivity index (χ3n) is 3.99. The van der Waals surface area contributed by atoms with Gasteiger partial charge in [0.05, 0.1) is 4.34 Å². The van der Waals surface area contributed by atoms with Gasteiger partial charge in [0, 0.05) is 10.9 Å². The van der Waals surface area contributed by atoms with Gasteiger partial charge in [0.25, 0.3) is 0 Å². The van der Waals surface area contributed by atoms with Crippen LogP contribution in [0, 0.1) is 24.7 Å². The molecule has 3 rings (SSSR count). The summed E-state index contributed by atoms with van der Waals surface area (Å²) in [7, 11) is 0. The molecule has 0 spiro atoms. The minimum Gasteiger partial charge on any atom is -0.323 e. The smallest absolute Gasteiger partial charge is 0.0960 e. The van der Waals surface area contributed by atoms with Crippen LogP contribution in [0.25, 0.3) is 0 Å². The second kappa shape index (κ2) is 3.47. The molecule has 3 heteroatoms. The van der Waals surface area contributed by atoms with Gasteiger partial charge >= 0.3 is 0 Å². The molecule has 0 radical (unpaired) electrons. The quantitative estimate of drug-likeness (QED) is 0.839. The van der Waals surface area contributed by atoms with Crippen molar-refractivity contribution in [3.05, 3.63) is 20.8 Å². The number of nitrogens with two attached hydrogens (primary N) is 1. The molecule has 1 aromatic heterocycles. The Hall–Kier alpha value is -0.0500. The highest BCUT2D eigenvalue weighted by atomic mass is 35.5. The molecule has 2 saturated carbocycles. The summed E-state index contributed by atoms with van der Waals surface area (Å²) in [5, 5.41) is 0. The normalized spacial score (nSPS) is 35.3. The van der Waals surface area contributed by atoms with E-state index in [4.69, 9.17) is 17.3 Å². The van der Waals surface area contributed by atoms with Gasteiger partial charge in [0.2, 0.25) is 0 Å². The van der Waals surface area contributed by atoms with E-state index in [-0.39, 0.29) is 6.04 Å². The van der Waals surface area contributed by atoms with E-state index in [1.54, 1.807) is 11.3 Å². The molecule has 0 saturated heterocycles. The molecule has 1 nitrogen and oxygen atoms in total. The predicted molar refractivity (Wildman–Crippen MR) is 65.3 cm³/mol. The van der Waals surface area contributed by atoms with Crippen LogP contribution in [-0.4, -0.2) is 0 Å². The zero-order chi connectivity index (χ0) is 10.6. The molecule has 0 bridgehead atoms. The van der Waals surface area contributed by atoms with Crippen molar-refractivity contribution in [1.29, 1.82) is 0 Å². The van der Waals surface area contributed by atoms with Gasteiger partial charge in [0.1, 0.15) is 0 Å². The average Bonchev–Trinajstić information content (AvgIpc) is 2.66. The van der Waals surface area contributed by atoms with Crippen LogP contribution in [0.3, 0.4) is 0 Å². The molecule has 0 amide bonds. The molecule has 1 heterocycles. The van der Waals surface area contributed by atoms with E-state index >= 15 is 0 Å². The summed E-state index contributed by atoms with van der Waals surface area (Å²) >= 11 is 7.75. The first kappa shape index (κ1) is 10.1. The Bertz CT molecular complexity index is 357. The zero-order valence-electron chi connectivity index (χ0n) is 8.87. The first-order valence-electron chi connectivity index (χ1n) is 5.66. The van der Waals surface area contributed by atoms with Crippen LogP contribution >= 0.6 is 22.9 Å². The van der Waals surface area contributed by atoms with Crippen LogP contribution in [0.1, 0.15) is 35.7 Å². The minimum absolute atomic E-state index is 0.231. The minimum atomic E-state index is 0.231. The van der Waals surface area contributed by atoms with E-state index in [1.807, 2.05) is 0 Å². The van der Waals surface area contributed by atoms with Crippen molar-refractivity contribution in [2.45, 2.75) is 32.2 Å². The van der Waals surface area contributed by atoms with Crippen molar-refractivity contribution in [2.75, 3.05) is 0 Å². The number of hydrogen-bond acceptors (Lipinski definition) is 2. The highest BCUT2D eigenvalue weighted by Crippen LogP contribution is 2.57. The first-order chi connectivity index (χ1) is 7.15. The lowest BCUT2D eigenvalue weighted by molar-refractivity contribution is 0.408. The van der Waals surface area contributed by atoms with Crippen molar-refractivity contribution in [3.63, 3.8) is 0 Å². The Kier molecular flexibility index (Phi) is 2.35. The fourth-order valence-electron chi connectivity index (χ4n) is 2.93. The zero-order valence-corrected chi connectivity index (χ0v) is 10.4. The van der Waals surface area contributed by atoms with Gasteiger partial charge in [-0.3, -0.25) is 0 Å². The molecule has 3 atom stereocenters. The Labute approximate surface area is 99.6 Å². The van der Waals surface area contributed by atoms with Crippen molar-refractivity contribution < 1.29 is 0 Å². The maximum absolute atomic E-state index is 6.32. The van der Waals surface area contributed by atoms with Crippen molar-refractivity contribution in [1.82, 2.24) is 0 Å². The second-order valence-corrected chi connectivity index (χ2v) is 6.80. The lowest BCUT2D eigenvalue weighted by Crippen LogP contribution is -2.19. The third-order valence-corrected chi connectivity index (χ3v) is 5.65. The number of hydrogen-bond donors (Lipinski definition) is 1. The van der Waals surface area contributed by atoms with E-state index in [0.29, 0.717) is 5.92 Å². The lowest BCUT2D eigenvalue weighted by Gasteiger charge is -2.19. The highest BCUT2D eigenvalue weighted by Gasteiger charge is 2.47. The summed E-state index contributed by atoms with van der Waals surface area (Å²) in [5.74, 6) is 2.73. The molecule has 2 aliphatic rings. The summed E-state index contributed by atoms with van der Waals surface area (Å²) < 4.78 is 0.906. The molecule has 0 aromatic carbocycles. The molecule has 1 aromatic rings. The van der Waals surface area contributed by atoms with Crippen LogP contribution in [0.4, 0.5) is 0 Å². The van der Waals surface area contributed by atoms with E-state index < -0.39 is 0 Å². The van der Waals surface area contributed by atoms with Crippen LogP contribution in [0.2, 0.25) is 4.34 Å². The lowest BCUT2D eigenvalue weighted by atomic mass is 9.94. The Balaban J connectivity index is 1.76. The summed E-state index contributed by atoms with van der Waals surface area (Å²) in [5.41, 5.74) is 7.49. The van der Waals surface area contributed by atoms with Crippen molar-refractivity contribution >= 4 is 22.9 Å². The van der Waals surface area contributed by atoms with E-state index in [9.17, 15) is 0 Å². The van der Waals surface area contributed by atoms with Gasteiger partial charge in [0.15, 0.2) is 0 Å². The number of thiophene rings is 1. The van der Waals surface area contributed by atoms with E-state index in [0.717, 1.165) is 16.2 Å². The maximum Gasteiger partial charge on any atom is 0.0960 e. The van der Waals surface area contributed by atoms with Gasteiger partial charge < -0.3 is 5.73 Å². The van der Waals surface area contributed by atoms with Crippen LogP contribution in [0.15, 0.2) is 6.07 Å². The number of aryl methyl sites for hydroxylation is 1. The molecule has 2 fully saturated rings. The first-order valence-corrected chi connectivity index (χ1v) is 6.86. The number of rotatable bonds is 2. The summed E-state index contributed by atoms with van der Waals surface area (Å²) in [6.07, 6.45) is 4.16. The largest absolute Gasteiger partial charge is 0.323 e. The van der Waals surface area contributed by atoms with E-state index in [2.05, 4.69) is 13.0 Å². The SMILES string of the molecule is Cc1cc(C(N)C2CC3CC3C2)sc1Cl. The van der Waals surface area contributed by atoms with Gasteiger partial charge in [-0.15, -0.1) is 11.3 Å². The molecule has 2 aliphatic carbocycles. The van der Waals surface area contributed by atoms with Crippen LogP contribution in [0.5, 0.6) is 0 Å². The summed E-state index contributed by atoms with van der Waals surface area (Å²) in [6.45, 7) is 2.06. The summed E-state index contributed by atoms with van der Waals surface area (Å²) in [4.78, 5) is 1.28. The molecule has 3 unspecified atom stereocenters. The molecular weight excluding hydrogens is 226 g/mol. The average molecular weight is 242 g/mol. The molecule has 15 heavy (non-hydrogen) atoms. The van der Waals surface area contributed by atoms with Crippen LogP contribution < -0.4 is 5.73 Å². The fourth-order valence-corrected chi connectivity index (χ4v) is 4.25. The molecule has 0 aliphatic heterocycles. The Morgan fingerprint density at radius 3 is 2.60 bits per heavy atom. The monoisotopic (exact) mass is 241 g/mol. The van der Waals surface area contributed by atoms with Gasteiger partial charge in [-0.25, -0.2) is 0 Å². The molecule has 82 valence electrons. The summed E-state index contributed by atoms with van der Waals surface area (Å²) in [6, 6.07) is 2.40. The standard InChI is InChI=1S/C12H16ClNS/c1-6-2-10(15-12(6)13)11(14)9-4-7-3-8(7)5-9/h2,7-9,11H,3-5,14H2,1H3. The highest BCUT2D eigenvalue weighted by molar-refractivity contribution is 7.16. The molecule has 2 N–H and O–H groups in total. The molecular formula is C12H16ClNS. The Morgan fingerprint density at radius 2 is 2.07 bits per heavy atom. The van der Waals surface area contributed by atoms with Crippen molar-refractivity contribution in [2.24, 2.45) is 23.5 Å². The van der Waals surface area contributed by atoms with Gasteiger partial charge in [-0.1, -0.05) is 11.6 Å². The van der Waals surface area contributed by atoms with Gasteiger partial charge in [-0.05, 0) is 55.6 Å². The fraction of sp³-hybridized carbons (Fsp3) is 0.667. The number of fused-ring (bicyclic) bond motifs is 1. The van der Waals surface area contributed by atoms with E-state index in [1.165, 1.54) is 29.7 Å². The third kappa shape index (κ3) is 1.73. The second-order valence-electron chi connectivity index (χ2n) is 5.12.